The fourth-order valence-electron chi connectivity index (χ4n) is 0.960. The van der Waals surface area contributed by atoms with E-state index in [0.717, 1.165) is 12.2 Å². The molecule has 1 N–H and O–H groups in total. The third-order valence-corrected chi connectivity index (χ3v) is 3.78. The monoisotopic (exact) mass is 312 g/mol. The van der Waals surface area contributed by atoms with Gasteiger partial charge in [0.25, 0.3) is 0 Å². The number of aromatic nitrogens is 4. The van der Waals surface area contributed by atoms with Gasteiger partial charge in [-0.3, -0.25) is 4.79 Å². The van der Waals surface area contributed by atoms with Gasteiger partial charge in [-0.15, -0.1) is 14.3 Å². The van der Waals surface area contributed by atoms with Gasteiger partial charge in [0.1, 0.15) is 0 Å². The lowest BCUT2D eigenvalue weighted by Crippen LogP contribution is -2.11. The molecule has 0 saturated heterocycles. The highest BCUT2D eigenvalue weighted by Gasteiger charge is 2.17. The van der Waals surface area contributed by atoms with Gasteiger partial charge in [-0.2, -0.15) is 0 Å². The highest BCUT2D eigenvalue weighted by Crippen LogP contribution is 2.22. The average molecular weight is 312 g/mol. The maximum atomic E-state index is 11.0. The van der Waals surface area contributed by atoms with Gasteiger partial charge < -0.3 is 0 Å². The Morgan fingerprint density at radius 1 is 1.77 bits per heavy atom. The molecule has 0 fully saturated rings. The molecule has 5 nitrogen and oxygen atoms in total. The third-order valence-electron chi connectivity index (χ3n) is 1.73. The molecule has 3 unspecified atom stereocenters. The van der Waals surface area contributed by atoms with Gasteiger partial charge in [-0.25, -0.2) is 5.10 Å². The smallest absolute Gasteiger partial charge is 0.199 e. The molecule has 0 amide bonds. The van der Waals surface area contributed by atoms with Crippen LogP contribution < -0.4 is 0 Å². The SMILES string of the molecule is CC(CC(P)C(=O)I)c1nnn[nH]1. The van der Waals surface area contributed by atoms with Crippen LogP contribution >= 0.6 is 31.8 Å². The Hall–Kier alpha value is -0.100. The standard InChI is InChI=1S/C6H10IN4OP/c1-3(2-4(13)5(7)12)6-8-10-11-9-6/h3-4H,2,13H2,1H3,(H,8,9,10,11). The molecule has 3 atom stereocenters. The van der Waals surface area contributed by atoms with Crippen molar-refractivity contribution in [3.05, 3.63) is 5.82 Å². The van der Waals surface area contributed by atoms with Gasteiger partial charge in [0.05, 0.1) is 0 Å². The molecule has 0 saturated carbocycles. The third kappa shape index (κ3) is 3.27. The maximum absolute atomic E-state index is 11.0. The number of carbonyl (C=O) groups excluding carboxylic acids is 1. The molecule has 7 heteroatoms. The number of hydrogen-bond acceptors (Lipinski definition) is 4. The maximum Gasteiger partial charge on any atom is 0.199 e. The number of nitrogens with one attached hydrogen (secondary N) is 1. The Bertz CT molecular complexity index is 278. The van der Waals surface area contributed by atoms with E-state index in [0.29, 0.717) is 0 Å². The zero-order valence-electron chi connectivity index (χ0n) is 7.07. The number of rotatable bonds is 4. The van der Waals surface area contributed by atoms with Crippen molar-refractivity contribution in [1.29, 1.82) is 0 Å². The van der Waals surface area contributed by atoms with Gasteiger partial charge in [-0.05, 0) is 16.8 Å². The average Bonchev–Trinajstić information content (AvgIpc) is 2.55. The fourth-order valence-corrected chi connectivity index (χ4v) is 1.62. The van der Waals surface area contributed by atoms with E-state index < -0.39 is 0 Å². The highest BCUT2D eigenvalue weighted by molar-refractivity contribution is 14.1. The minimum atomic E-state index is -0.0271. The molecule has 72 valence electrons. The fraction of sp³-hybridized carbons (Fsp3) is 0.667. The molecule has 1 aromatic heterocycles. The van der Waals surface area contributed by atoms with E-state index in [2.05, 4.69) is 29.9 Å². The number of nitrogens with zero attached hydrogens (tertiary/aromatic N) is 3. The van der Waals surface area contributed by atoms with Crippen LogP contribution in [0, 0.1) is 0 Å². The molecular weight excluding hydrogens is 302 g/mol. The number of halogens is 1. The topological polar surface area (TPSA) is 71.5 Å². The summed E-state index contributed by atoms with van der Waals surface area (Å²) in [5, 5.41) is 13.4. The summed E-state index contributed by atoms with van der Waals surface area (Å²) in [6.45, 7) is 1.98. The van der Waals surface area contributed by atoms with Crippen LogP contribution in [-0.2, 0) is 4.79 Å². The molecule has 13 heavy (non-hydrogen) atoms. The van der Waals surface area contributed by atoms with Crippen molar-refractivity contribution in [2.24, 2.45) is 0 Å². The highest BCUT2D eigenvalue weighted by atomic mass is 127. The zero-order chi connectivity index (χ0) is 9.84. The summed E-state index contributed by atoms with van der Waals surface area (Å²) in [5.41, 5.74) is -0.0271. The van der Waals surface area contributed by atoms with Crippen molar-refractivity contribution < 1.29 is 4.79 Å². The second-order valence-electron chi connectivity index (χ2n) is 2.83. The van der Waals surface area contributed by atoms with Crippen LogP contribution in [0.1, 0.15) is 25.1 Å². The Morgan fingerprint density at radius 2 is 2.46 bits per heavy atom. The Balaban J connectivity index is 2.51. The van der Waals surface area contributed by atoms with Crippen LogP contribution in [0.2, 0.25) is 0 Å². The summed E-state index contributed by atoms with van der Waals surface area (Å²) in [7, 11) is 2.52. The predicted molar refractivity (Wildman–Crippen MR) is 59.7 cm³/mol. The second kappa shape index (κ2) is 4.95. The Labute approximate surface area is 91.8 Å². The van der Waals surface area contributed by atoms with Gasteiger partial charge in [0, 0.05) is 34.2 Å². The summed E-state index contributed by atoms with van der Waals surface area (Å²) >= 11 is 1.80. The van der Waals surface area contributed by atoms with Gasteiger partial charge in [-0.1, -0.05) is 6.92 Å². The largest absolute Gasteiger partial charge is 0.287 e. The Morgan fingerprint density at radius 3 is 2.92 bits per heavy atom. The van der Waals surface area contributed by atoms with Crippen LogP contribution in [0.5, 0.6) is 0 Å². The van der Waals surface area contributed by atoms with E-state index in [1.807, 2.05) is 6.92 Å². The van der Waals surface area contributed by atoms with Gasteiger partial charge >= 0.3 is 0 Å². The van der Waals surface area contributed by atoms with Crippen molar-refractivity contribution >= 4 is 35.6 Å². The minimum Gasteiger partial charge on any atom is -0.287 e. The Kier molecular flexibility index (Phi) is 4.18. The normalized spacial score (nSPS) is 15.3. The summed E-state index contributed by atoms with van der Waals surface area (Å²) in [6.07, 6.45) is 0.739. The van der Waals surface area contributed by atoms with Crippen LogP contribution in [0.4, 0.5) is 0 Å². The van der Waals surface area contributed by atoms with Crippen molar-refractivity contribution in [1.82, 2.24) is 20.6 Å². The summed E-state index contributed by atoms with van der Waals surface area (Å²) in [6, 6.07) is 0. The first kappa shape index (κ1) is 11.0. The van der Waals surface area contributed by atoms with E-state index in [9.17, 15) is 4.79 Å². The van der Waals surface area contributed by atoms with Crippen LogP contribution in [-0.4, -0.2) is 30.1 Å². The second-order valence-corrected chi connectivity index (χ2v) is 4.70. The molecule has 0 aliphatic heterocycles. The zero-order valence-corrected chi connectivity index (χ0v) is 10.4. The number of aromatic amines is 1. The summed E-state index contributed by atoms with van der Waals surface area (Å²) in [5.74, 6) is 0.904. The van der Waals surface area contributed by atoms with E-state index in [4.69, 9.17) is 0 Å². The molecule has 0 aliphatic carbocycles. The first-order valence-corrected chi connectivity index (χ1v) is 5.54. The minimum absolute atomic E-state index is 0.0271. The van der Waals surface area contributed by atoms with Crippen molar-refractivity contribution in [2.75, 3.05) is 0 Å². The number of H-pyrrole nitrogens is 1. The van der Waals surface area contributed by atoms with Crippen molar-refractivity contribution in [2.45, 2.75) is 24.9 Å². The van der Waals surface area contributed by atoms with E-state index in [-0.39, 0.29) is 15.4 Å². The first-order valence-electron chi connectivity index (χ1n) is 3.79. The number of carbonyl (C=O) groups is 1. The van der Waals surface area contributed by atoms with E-state index in [1.165, 1.54) is 0 Å². The lowest BCUT2D eigenvalue weighted by Gasteiger charge is -2.10. The molecular formula is C6H10IN4OP. The van der Waals surface area contributed by atoms with E-state index in [1.54, 1.807) is 22.6 Å². The molecule has 1 rings (SSSR count). The molecule has 1 aromatic rings. The lowest BCUT2D eigenvalue weighted by molar-refractivity contribution is -0.109. The van der Waals surface area contributed by atoms with Crippen molar-refractivity contribution in [3.63, 3.8) is 0 Å². The van der Waals surface area contributed by atoms with Crippen LogP contribution in [0.3, 0.4) is 0 Å². The molecule has 0 spiro atoms. The number of hydrogen-bond donors (Lipinski definition) is 1. The molecule has 0 aromatic carbocycles. The van der Waals surface area contributed by atoms with Crippen molar-refractivity contribution in [3.8, 4) is 0 Å². The molecule has 0 bridgehead atoms. The molecule has 0 aliphatic rings. The molecule has 1 heterocycles. The summed E-state index contributed by atoms with van der Waals surface area (Å²) in [4.78, 5) is 11.0. The van der Waals surface area contributed by atoms with Crippen LogP contribution in [0.15, 0.2) is 0 Å². The van der Waals surface area contributed by atoms with E-state index >= 15 is 0 Å². The summed E-state index contributed by atoms with van der Waals surface area (Å²) < 4.78 is 0.141. The number of tetrazole rings is 1. The van der Waals surface area contributed by atoms with Crippen LogP contribution in [0.25, 0.3) is 0 Å². The van der Waals surface area contributed by atoms with Gasteiger partial charge in [0.2, 0.25) is 0 Å². The molecule has 0 radical (unpaired) electrons. The lowest BCUT2D eigenvalue weighted by atomic mass is 10.1. The van der Waals surface area contributed by atoms with Gasteiger partial charge in [0.15, 0.2) is 9.61 Å². The quantitative estimate of drug-likeness (QED) is 0.509. The first-order chi connectivity index (χ1) is 6.11. The predicted octanol–water partition coefficient (Wildman–Crippen LogP) is 0.899.